The van der Waals surface area contributed by atoms with Crippen LogP contribution in [0.3, 0.4) is 0 Å². The first-order valence-electron chi connectivity index (χ1n) is 6.78. The molecule has 0 amide bonds. The maximum Gasteiger partial charge on any atom is 0.133 e. The lowest BCUT2D eigenvalue weighted by Gasteiger charge is -2.24. The SMILES string of the molecule is Cn1ccnc1C(NCC1CSCCS1)c1ccco1. The average Bonchev–Trinajstić information content (AvgIpc) is 3.13. The van der Waals surface area contributed by atoms with Gasteiger partial charge >= 0.3 is 0 Å². The van der Waals surface area contributed by atoms with Gasteiger partial charge in [0.05, 0.1) is 6.26 Å². The van der Waals surface area contributed by atoms with Crippen LogP contribution in [0.25, 0.3) is 0 Å². The van der Waals surface area contributed by atoms with Crippen molar-refractivity contribution in [2.24, 2.45) is 7.05 Å². The predicted molar refractivity (Wildman–Crippen MR) is 85.3 cm³/mol. The molecule has 3 heterocycles. The Morgan fingerprint density at radius 1 is 1.55 bits per heavy atom. The van der Waals surface area contributed by atoms with Crippen molar-refractivity contribution in [3.63, 3.8) is 0 Å². The Balaban J connectivity index is 1.71. The van der Waals surface area contributed by atoms with Gasteiger partial charge in [0.2, 0.25) is 0 Å². The van der Waals surface area contributed by atoms with E-state index in [0.717, 1.165) is 18.1 Å². The third-order valence-electron chi connectivity index (χ3n) is 3.38. The molecule has 0 bridgehead atoms. The number of furan rings is 1. The fourth-order valence-electron chi connectivity index (χ4n) is 2.33. The third kappa shape index (κ3) is 3.24. The Kier molecular flexibility index (Phi) is 4.75. The van der Waals surface area contributed by atoms with Gasteiger partial charge in [0.15, 0.2) is 0 Å². The minimum atomic E-state index is 0.0255. The van der Waals surface area contributed by atoms with Gasteiger partial charge in [0, 0.05) is 48.5 Å². The molecule has 2 aromatic rings. The Morgan fingerprint density at radius 3 is 3.15 bits per heavy atom. The van der Waals surface area contributed by atoms with Crippen molar-refractivity contribution in [3.05, 3.63) is 42.4 Å². The summed E-state index contributed by atoms with van der Waals surface area (Å²) in [5, 5.41) is 4.30. The standard InChI is InChI=1S/C14H19N3OS2/c1-17-5-4-15-14(17)13(12-3-2-6-18-12)16-9-11-10-19-7-8-20-11/h2-6,11,13,16H,7-10H2,1H3. The van der Waals surface area contributed by atoms with Gasteiger partial charge in [-0.2, -0.15) is 23.5 Å². The van der Waals surface area contributed by atoms with Crippen LogP contribution in [-0.4, -0.2) is 38.6 Å². The van der Waals surface area contributed by atoms with E-state index in [-0.39, 0.29) is 6.04 Å². The Hall–Kier alpha value is -0.850. The number of thioether (sulfide) groups is 2. The van der Waals surface area contributed by atoms with Crippen LogP contribution in [0.2, 0.25) is 0 Å². The highest BCUT2D eigenvalue weighted by molar-refractivity contribution is 8.06. The van der Waals surface area contributed by atoms with Crippen molar-refractivity contribution in [2.75, 3.05) is 23.8 Å². The van der Waals surface area contributed by atoms with Crippen LogP contribution in [0.1, 0.15) is 17.6 Å². The Morgan fingerprint density at radius 2 is 2.50 bits per heavy atom. The van der Waals surface area contributed by atoms with Crippen LogP contribution in [0, 0.1) is 0 Å². The van der Waals surface area contributed by atoms with Crippen molar-refractivity contribution >= 4 is 23.5 Å². The number of aryl methyl sites for hydroxylation is 1. The summed E-state index contributed by atoms with van der Waals surface area (Å²) >= 11 is 4.11. The van der Waals surface area contributed by atoms with E-state index < -0.39 is 0 Å². The van der Waals surface area contributed by atoms with E-state index in [9.17, 15) is 0 Å². The number of nitrogens with zero attached hydrogens (tertiary/aromatic N) is 2. The molecule has 3 rings (SSSR count). The molecule has 6 heteroatoms. The summed E-state index contributed by atoms with van der Waals surface area (Å²) < 4.78 is 7.63. The van der Waals surface area contributed by atoms with Crippen LogP contribution in [0.15, 0.2) is 35.2 Å². The van der Waals surface area contributed by atoms with Gasteiger partial charge in [-0.25, -0.2) is 4.98 Å². The quantitative estimate of drug-likeness (QED) is 0.919. The van der Waals surface area contributed by atoms with E-state index in [0.29, 0.717) is 5.25 Å². The predicted octanol–water partition coefficient (Wildman–Crippen LogP) is 2.54. The van der Waals surface area contributed by atoms with Gasteiger partial charge in [-0.1, -0.05) is 0 Å². The van der Waals surface area contributed by atoms with Gasteiger partial charge < -0.3 is 8.98 Å². The summed E-state index contributed by atoms with van der Waals surface area (Å²) in [5.74, 6) is 5.68. The Labute approximate surface area is 127 Å². The van der Waals surface area contributed by atoms with Gasteiger partial charge in [0.1, 0.15) is 17.6 Å². The first kappa shape index (κ1) is 14.1. The van der Waals surface area contributed by atoms with Crippen LogP contribution in [0.4, 0.5) is 0 Å². The lowest BCUT2D eigenvalue weighted by atomic mass is 10.2. The molecule has 1 aliphatic rings. The summed E-state index contributed by atoms with van der Waals surface area (Å²) in [6.07, 6.45) is 5.52. The highest BCUT2D eigenvalue weighted by Crippen LogP contribution is 2.25. The fourth-order valence-corrected chi connectivity index (χ4v) is 4.96. The number of hydrogen-bond acceptors (Lipinski definition) is 5. The van der Waals surface area contributed by atoms with Crippen LogP contribution < -0.4 is 5.32 Å². The molecule has 20 heavy (non-hydrogen) atoms. The summed E-state index contributed by atoms with van der Waals surface area (Å²) in [5.41, 5.74) is 0. The summed E-state index contributed by atoms with van der Waals surface area (Å²) in [7, 11) is 2.02. The minimum Gasteiger partial charge on any atom is -0.467 e. The number of hydrogen-bond donors (Lipinski definition) is 1. The number of nitrogens with one attached hydrogen (secondary N) is 1. The molecule has 2 aromatic heterocycles. The second-order valence-electron chi connectivity index (χ2n) is 4.82. The van der Waals surface area contributed by atoms with Crippen molar-refractivity contribution in [1.29, 1.82) is 0 Å². The van der Waals surface area contributed by atoms with Crippen LogP contribution >= 0.6 is 23.5 Å². The first-order valence-corrected chi connectivity index (χ1v) is 8.98. The van der Waals surface area contributed by atoms with E-state index in [4.69, 9.17) is 4.42 Å². The fraction of sp³-hybridized carbons (Fsp3) is 0.500. The monoisotopic (exact) mass is 309 g/mol. The number of aromatic nitrogens is 2. The second kappa shape index (κ2) is 6.74. The molecule has 1 N–H and O–H groups in total. The van der Waals surface area contributed by atoms with Crippen molar-refractivity contribution in [2.45, 2.75) is 11.3 Å². The lowest BCUT2D eigenvalue weighted by Crippen LogP contribution is -2.33. The lowest BCUT2D eigenvalue weighted by molar-refractivity contribution is 0.432. The molecule has 108 valence electrons. The molecular formula is C14H19N3OS2. The second-order valence-corrected chi connectivity index (χ2v) is 7.38. The van der Waals surface area contributed by atoms with Gasteiger partial charge in [0.25, 0.3) is 0 Å². The molecule has 2 atom stereocenters. The highest BCUT2D eigenvalue weighted by Gasteiger charge is 2.23. The zero-order valence-corrected chi connectivity index (χ0v) is 13.1. The van der Waals surface area contributed by atoms with Crippen LogP contribution in [0.5, 0.6) is 0 Å². The van der Waals surface area contributed by atoms with Crippen molar-refractivity contribution in [1.82, 2.24) is 14.9 Å². The smallest absolute Gasteiger partial charge is 0.133 e. The number of rotatable bonds is 5. The molecule has 0 saturated carbocycles. The van der Waals surface area contributed by atoms with E-state index in [1.54, 1.807) is 6.26 Å². The zero-order valence-electron chi connectivity index (χ0n) is 11.5. The van der Waals surface area contributed by atoms with E-state index in [1.165, 1.54) is 17.3 Å². The van der Waals surface area contributed by atoms with Gasteiger partial charge in [-0.15, -0.1) is 0 Å². The van der Waals surface area contributed by atoms with Crippen LogP contribution in [-0.2, 0) is 7.05 Å². The van der Waals surface area contributed by atoms with Crippen molar-refractivity contribution < 1.29 is 4.42 Å². The number of imidazole rings is 1. The zero-order chi connectivity index (χ0) is 13.8. The largest absolute Gasteiger partial charge is 0.467 e. The maximum atomic E-state index is 5.59. The minimum absolute atomic E-state index is 0.0255. The Bertz CT molecular complexity index is 520. The molecule has 0 aromatic carbocycles. The van der Waals surface area contributed by atoms with E-state index in [1.807, 2.05) is 47.9 Å². The third-order valence-corrected chi connectivity index (χ3v) is 6.22. The van der Waals surface area contributed by atoms with E-state index in [2.05, 4.69) is 22.1 Å². The first-order chi connectivity index (χ1) is 9.84. The molecule has 1 aliphatic heterocycles. The topological polar surface area (TPSA) is 43.0 Å². The molecule has 0 spiro atoms. The molecule has 4 nitrogen and oxygen atoms in total. The molecule has 1 fully saturated rings. The van der Waals surface area contributed by atoms with Crippen molar-refractivity contribution in [3.8, 4) is 0 Å². The molecule has 0 aliphatic carbocycles. The van der Waals surface area contributed by atoms with E-state index >= 15 is 0 Å². The summed E-state index contributed by atoms with van der Waals surface area (Å²) in [6, 6.07) is 3.96. The molecular weight excluding hydrogens is 290 g/mol. The molecule has 0 radical (unpaired) electrons. The normalized spacial score (nSPS) is 20.9. The van der Waals surface area contributed by atoms with Gasteiger partial charge in [-0.3, -0.25) is 5.32 Å². The average molecular weight is 309 g/mol. The van der Waals surface area contributed by atoms with Gasteiger partial charge in [-0.05, 0) is 12.1 Å². The molecule has 1 saturated heterocycles. The summed E-state index contributed by atoms with van der Waals surface area (Å²) in [4.78, 5) is 4.46. The molecule has 2 unspecified atom stereocenters. The maximum absolute atomic E-state index is 5.59. The highest BCUT2D eigenvalue weighted by atomic mass is 32.2. The summed E-state index contributed by atoms with van der Waals surface area (Å²) in [6.45, 7) is 0.982.